The van der Waals surface area contributed by atoms with Crippen molar-refractivity contribution in [3.8, 4) is 11.5 Å². The van der Waals surface area contributed by atoms with Crippen LogP contribution in [0.2, 0.25) is 0 Å². The van der Waals surface area contributed by atoms with Crippen molar-refractivity contribution in [2.75, 3.05) is 20.8 Å². The summed E-state index contributed by atoms with van der Waals surface area (Å²) in [6, 6.07) is 4.13. The summed E-state index contributed by atoms with van der Waals surface area (Å²) in [5.74, 6) is 1.82. The van der Waals surface area contributed by atoms with E-state index >= 15 is 0 Å². The Hall–Kier alpha value is -1.22. The molecule has 0 unspecified atom stereocenters. The molecule has 0 radical (unpaired) electrons. The van der Waals surface area contributed by atoms with E-state index in [-0.39, 0.29) is 5.41 Å². The molecule has 1 aromatic rings. The van der Waals surface area contributed by atoms with Crippen molar-refractivity contribution >= 4 is 0 Å². The highest BCUT2D eigenvalue weighted by Crippen LogP contribution is 2.50. The molecule has 0 heterocycles. The summed E-state index contributed by atoms with van der Waals surface area (Å²) in [6.45, 7) is 2.70. The molecule has 2 N–H and O–H groups in total. The lowest BCUT2D eigenvalue weighted by molar-refractivity contribution is 0.233. The van der Waals surface area contributed by atoms with E-state index in [9.17, 15) is 0 Å². The summed E-state index contributed by atoms with van der Waals surface area (Å²) < 4.78 is 11.0. The summed E-state index contributed by atoms with van der Waals surface area (Å²) in [6.07, 6.45) is 3.48. The Bertz CT molecular complexity index is 380. The summed E-state index contributed by atoms with van der Waals surface area (Å²) >= 11 is 0. The van der Waals surface area contributed by atoms with Gasteiger partial charge in [0.25, 0.3) is 0 Å². The molecule has 0 amide bonds. The molecule has 1 saturated carbocycles. The average Bonchev–Trinajstić information content (AvgIpc) is 2.29. The van der Waals surface area contributed by atoms with Crippen molar-refractivity contribution in [2.45, 2.75) is 31.6 Å². The molecule has 0 aliphatic heterocycles. The predicted molar refractivity (Wildman–Crippen MR) is 68.9 cm³/mol. The maximum atomic E-state index is 5.97. The second-order valence-corrected chi connectivity index (χ2v) is 4.88. The molecular formula is C14H21NO2. The smallest absolute Gasteiger partial charge is 0.126 e. The molecule has 1 fully saturated rings. The Morgan fingerprint density at radius 2 is 1.71 bits per heavy atom. The van der Waals surface area contributed by atoms with Crippen LogP contribution < -0.4 is 15.2 Å². The second-order valence-electron chi connectivity index (χ2n) is 4.88. The van der Waals surface area contributed by atoms with E-state index in [4.69, 9.17) is 15.2 Å². The fraction of sp³-hybridized carbons (Fsp3) is 0.571. The minimum atomic E-state index is 0.0599. The average molecular weight is 235 g/mol. The zero-order chi connectivity index (χ0) is 12.5. The first-order valence-corrected chi connectivity index (χ1v) is 6.10. The van der Waals surface area contributed by atoms with Crippen LogP contribution in [0.15, 0.2) is 12.1 Å². The van der Waals surface area contributed by atoms with Crippen LogP contribution >= 0.6 is 0 Å². The van der Waals surface area contributed by atoms with Gasteiger partial charge in [0, 0.05) is 17.5 Å². The van der Waals surface area contributed by atoms with Crippen LogP contribution in [0.5, 0.6) is 11.5 Å². The Morgan fingerprint density at radius 3 is 2.00 bits per heavy atom. The zero-order valence-electron chi connectivity index (χ0n) is 10.9. The van der Waals surface area contributed by atoms with Gasteiger partial charge in [-0.2, -0.15) is 0 Å². The number of nitrogens with two attached hydrogens (primary N) is 1. The predicted octanol–water partition coefficient (Wildman–Crippen LogP) is 2.39. The molecule has 0 bridgehead atoms. The van der Waals surface area contributed by atoms with Crippen LogP contribution in [-0.2, 0) is 5.41 Å². The maximum Gasteiger partial charge on any atom is 0.126 e. The molecule has 2 rings (SSSR count). The number of aryl methyl sites for hydroxylation is 1. The Balaban J connectivity index is 2.57. The first-order chi connectivity index (χ1) is 8.16. The standard InChI is InChI=1S/C14H21NO2/c1-10-7-11(16-2)13(12(8-10)17-3)14(9-15)5-4-6-14/h7-8H,4-6,9,15H2,1-3H3. The highest BCUT2D eigenvalue weighted by molar-refractivity contribution is 5.53. The van der Waals surface area contributed by atoms with Crippen molar-refractivity contribution in [2.24, 2.45) is 5.73 Å². The number of benzene rings is 1. The van der Waals surface area contributed by atoms with Gasteiger partial charge in [-0.05, 0) is 37.5 Å². The number of hydrogen-bond acceptors (Lipinski definition) is 3. The van der Waals surface area contributed by atoms with E-state index in [2.05, 4.69) is 12.1 Å². The largest absolute Gasteiger partial charge is 0.496 e. The van der Waals surface area contributed by atoms with Crippen molar-refractivity contribution in [1.29, 1.82) is 0 Å². The van der Waals surface area contributed by atoms with Gasteiger partial charge in [-0.3, -0.25) is 0 Å². The normalized spacial score (nSPS) is 17.4. The highest BCUT2D eigenvalue weighted by atomic mass is 16.5. The molecule has 0 atom stereocenters. The molecule has 0 aromatic heterocycles. The molecule has 0 spiro atoms. The van der Waals surface area contributed by atoms with E-state index < -0.39 is 0 Å². The lowest BCUT2D eigenvalue weighted by Crippen LogP contribution is -2.42. The second kappa shape index (κ2) is 4.57. The van der Waals surface area contributed by atoms with Crippen LogP contribution in [0.3, 0.4) is 0 Å². The zero-order valence-corrected chi connectivity index (χ0v) is 10.9. The number of methoxy groups -OCH3 is 2. The van der Waals surface area contributed by atoms with Crippen LogP contribution in [0.25, 0.3) is 0 Å². The van der Waals surface area contributed by atoms with Crippen LogP contribution in [0, 0.1) is 6.92 Å². The molecule has 1 aliphatic carbocycles. The van der Waals surface area contributed by atoms with Crippen molar-refractivity contribution < 1.29 is 9.47 Å². The van der Waals surface area contributed by atoms with Gasteiger partial charge in [0.2, 0.25) is 0 Å². The van der Waals surface area contributed by atoms with Crippen molar-refractivity contribution in [3.05, 3.63) is 23.3 Å². The van der Waals surface area contributed by atoms with Crippen molar-refractivity contribution in [3.63, 3.8) is 0 Å². The SMILES string of the molecule is COc1cc(C)cc(OC)c1C1(CN)CCC1. The Labute approximate surface area is 103 Å². The van der Waals surface area contributed by atoms with E-state index in [1.165, 1.54) is 6.42 Å². The topological polar surface area (TPSA) is 44.5 Å². The lowest BCUT2D eigenvalue weighted by Gasteiger charge is -2.42. The molecule has 0 saturated heterocycles. The minimum absolute atomic E-state index is 0.0599. The van der Waals surface area contributed by atoms with Gasteiger partial charge in [-0.1, -0.05) is 6.42 Å². The third-order valence-corrected chi connectivity index (χ3v) is 3.88. The number of rotatable bonds is 4. The van der Waals surface area contributed by atoms with Gasteiger partial charge < -0.3 is 15.2 Å². The molecule has 94 valence electrons. The highest BCUT2D eigenvalue weighted by Gasteiger charge is 2.41. The van der Waals surface area contributed by atoms with E-state index in [1.54, 1.807) is 14.2 Å². The first-order valence-electron chi connectivity index (χ1n) is 6.10. The number of ether oxygens (including phenoxy) is 2. The van der Waals surface area contributed by atoms with Gasteiger partial charge in [-0.25, -0.2) is 0 Å². The quantitative estimate of drug-likeness (QED) is 0.871. The third-order valence-electron chi connectivity index (χ3n) is 3.88. The van der Waals surface area contributed by atoms with Gasteiger partial charge in [0.05, 0.1) is 14.2 Å². The summed E-state index contributed by atoms with van der Waals surface area (Å²) in [7, 11) is 3.42. The molecule has 1 aromatic carbocycles. The van der Waals surface area contributed by atoms with Gasteiger partial charge in [0.1, 0.15) is 11.5 Å². The molecule has 3 nitrogen and oxygen atoms in total. The minimum Gasteiger partial charge on any atom is -0.496 e. The van der Waals surface area contributed by atoms with E-state index in [0.717, 1.165) is 35.5 Å². The van der Waals surface area contributed by atoms with Crippen LogP contribution in [-0.4, -0.2) is 20.8 Å². The number of hydrogen-bond donors (Lipinski definition) is 1. The molecule has 3 heteroatoms. The molecule has 1 aliphatic rings. The van der Waals surface area contributed by atoms with Gasteiger partial charge in [0.15, 0.2) is 0 Å². The van der Waals surface area contributed by atoms with E-state index in [1.807, 2.05) is 6.92 Å². The van der Waals surface area contributed by atoms with E-state index in [0.29, 0.717) is 6.54 Å². The molecule has 17 heavy (non-hydrogen) atoms. The first kappa shape index (κ1) is 12.2. The van der Waals surface area contributed by atoms with Gasteiger partial charge >= 0.3 is 0 Å². The third kappa shape index (κ3) is 1.89. The lowest BCUT2D eigenvalue weighted by atomic mass is 9.64. The Kier molecular flexibility index (Phi) is 3.29. The summed E-state index contributed by atoms with van der Waals surface area (Å²) in [5.41, 5.74) is 8.34. The molecular weight excluding hydrogens is 214 g/mol. The summed E-state index contributed by atoms with van der Waals surface area (Å²) in [5, 5.41) is 0. The maximum absolute atomic E-state index is 5.97. The monoisotopic (exact) mass is 235 g/mol. The van der Waals surface area contributed by atoms with Crippen molar-refractivity contribution in [1.82, 2.24) is 0 Å². The fourth-order valence-corrected chi connectivity index (χ4v) is 2.73. The van der Waals surface area contributed by atoms with Gasteiger partial charge in [-0.15, -0.1) is 0 Å². The fourth-order valence-electron chi connectivity index (χ4n) is 2.73. The Morgan fingerprint density at radius 1 is 1.18 bits per heavy atom. The van der Waals surface area contributed by atoms with Crippen LogP contribution in [0.4, 0.5) is 0 Å². The van der Waals surface area contributed by atoms with Crippen LogP contribution in [0.1, 0.15) is 30.4 Å². The summed E-state index contributed by atoms with van der Waals surface area (Å²) in [4.78, 5) is 0.